The van der Waals surface area contributed by atoms with E-state index < -0.39 is 11.5 Å². The van der Waals surface area contributed by atoms with E-state index in [0.29, 0.717) is 6.54 Å². The maximum absolute atomic E-state index is 11.2. The van der Waals surface area contributed by atoms with Crippen LogP contribution in [-0.4, -0.2) is 31.8 Å². The van der Waals surface area contributed by atoms with Crippen LogP contribution in [0.3, 0.4) is 0 Å². The Balaban J connectivity index is 2.19. The monoisotopic (exact) mass is 391 g/mol. The fourth-order valence-corrected chi connectivity index (χ4v) is 3.53. The van der Waals surface area contributed by atoms with E-state index in [9.17, 15) is 9.90 Å². The Bertz CT molecular complexity index is 874. The maximum atomic E-state index is 11.2. The SMILES string of the molecule is COc1ccc(C(NCCC(=O)O)(c2ccccc2)c2ccc(OC)cc2)cc1. The fraction of sp³-hybridized carbons (Fsp3) is 0.208. The molecule has 0 bridgehead atoms. The van der Waals surface area contributed by atoms with Gasteiger partial charge in [0.15, 0.2) is 0 Å². The van der Waals surface area contributed by atoms with Crippen molar-refractivity contribution < 1.29 is 19.4 Å². The van der Waals surface area contributed by atoms with Gasteiger partial charge in [-0.2, -0.15) is 0 Å². The fourth-order valence-electron chi connectivity index (χ4n) is 3.53. The van der Waals surface area contributed by atoms with Gasteiger partial charge in [-0.15, -0.1) is 0 Å². The Hall–Kier alpha value is -3.31. The van der Waals surface area contributed by atoms with Crippen molar-refractivity contribution in [3.05, 3.63) is 95.6 Å². The Morgan fingerprint density at radius 1 is 0.793 bits per heavy atom. The van der Waals surface area contributed by atoms with Gasteiger partial charge in [0.05, 0.1) is 26.2 Å². The van der Waals surface area contributed by atoms with Crippen molar-refractivity contribution in [3.8, 4) is 11.5 Å². The largest absolute Gasteiger partial charge is 0.497 e. The second-order valence-corrected chi connectivity index (χ2v) is 6.64. The summed E-state index contributed by atoms with van der Waals surface area (Å²) in [6.45, 7) is 0.308. The molecule has 0 heterocycles. The Morgan fingerprint density at radius 3 is 1.66 bits per heavy atom. The number of nitrogens with one attached hydrogen (secondary N) is 1. The molecular formula is C24H25NO4. The molecule has 3 aromatic carbocycles. The number of methoxy groups -OCH3 is 2. The second kappa shape index (κ2) is 9.26. The van der Waals surface area contributed by atoms with Crippen molar-refractivity contribution in [2.75, 3.05) is 20.8 Å². The lowest BCUT2D eigenvalue weighted by atomic mass is 9.77. The van der Waals surface area contributed by atoms with Crippen molar-refractivity contribution in [3.63, 3.8) is 0 Å². The first-order valence-corrected chi connectivity index (χ1v) is 9.41. The first-order chi connectivity index (χ1) is 14.1. The van der Waals surface area contributed by atoms with Gasteiger partial charge in [-0.05, 0) is 41.0 Å². The zero-order valence-electron chi connectivity index (χ0n) is 16.6. The van der Waals surface area contributed by atoms with E-state index in [4.69, 9.17) is 9.47 Å². The molecule has 0 saturated heterocycles. The first kappa shape index (κ1) is 20.4. The second-order valence-electron chi connectivity index (χ2n) is 6.64. The van der Waals surface area contributed by atoms with Gasteiger partial charge in [0.1, 0.15) is 11.5 Å². The van der Waals surface area contributed by atoms with Crippen LogP contribution in [0.15, 0.2) is 78.9 Å². The van der Waals surface area contributed by atoms with Gasteiger partial charge in [0, 0.05) is 6.54 Å². The third-order valence-electron chi connectivity index (χ3n) is 4.98. The summed E-state index contributed by atoms with van der Waals surface area (Å²) in [7, 11) is 3.27. The number of hydrogen-bond acceptors (Lipinski definition) is 4. The van der Waals surface area contributed by atoms with Gasteiger partial charge in [0.2, 0.25) is 0 Å². The molecule has 150 valence electrons. The molecule has 2 N–H and O–H groups in total. The predicted molar refractivity (Wildman–Crippen MR) is 113 cm³/mol. The molecule has 0 spiro atoms. The quantitative estimate of drug-likeness (QED) is 0.539. The molecule has 0 aromatic heterocycles. The standard InChI is InChI=1S/C24H25NO4/c1-28-21-12-8-19(9-13-21)24(25-17-16-23(26)27,18-6-4-3-5-7-18)20-10-14-22(29-2)15-11-20/h3-15,25H,16-17H2,1-2H3,(H,26,27). The van der Waals surface area contributed by atoms with Crippen molar-refractivity contribution >= 4 is 5.97 Å². The Morgan fingerprint density at radius 2 is 1.24 bits per heavy atom. The average Bonchev–Trinajstić information content (AvgIpc) is 2.77. The lowest BCUT2D eigenvalue weighted by Crippen LogP contribution is -2.45. The number of benzene rings is 3. The number of carboxylic acids is 1. The smallest absolute Gasteiger partial charge is 0.304 e. The highest BCUT2D eigenvalue weighted by atomic mass is 16.5. The van der Waals surface area contributed by atoms with Gasteiger partial charge in [-0.3, -0.25) is 10.1 Å². The minimum Gasteiger partial charge on any atom is -0.497 e. The molecule has 5 nitrogen and oxygen atoms in total. The van der Waals surface area contributed by atoms with E-state index in [-0.39, 0.29) is 6.42 Å². The van der Waals surface area contributed by atoms with Crippen LogP contribution in [-0.2, 0) is 10.3 Å². The van der Waals surface area contributed by atoms with Crippen LogP contribution < -0.4 is 14.8 Å². The molecule has 0 unspecified atom stereocenters. The number of aliphatic carboxylic acids is 1. The molecule has 0 amide bonds. The zero-order chi connectivity index (χ0) is 20.7. The minimum absolute atomic E-state index is 0.0148. The Labute approximate surface area is 170 Å². The summed E-state index contributed by atoms with van der Waals surface area (Å²) in [4.78, 5) is 11.2. The van der Waals surface area contributed by atoms with Crippen LogP contribution in [0.2, 0.25) is 0 Å². The highest BCUT2D eigenvalue weighted by Crippen LogP contribution is 2.38. The summed E-state index contributed by atoms with van der Waals surface area (Å²) in [5, 5.41) is 12.7. The van der Waals surface area contributed by atoms with Crippen LogP contribution >= 0.6 is 0 Å². The van der Waals surface area contributed by atoms with Crippen molar-refractivity contribution in [2.45, 2.75) is 12.0 Å². The van der Waals surface area contributed by atoms with Crippen LogP contribution in [0.4, 0.5) is 0 Å². The van der Waals surface area contributed by atoms with Crippen LogP contribution in [0, 0.1) is 0 Å². The van der Waals surface area contributed by atoms with Gasteiger partial charge in [0.25, 0.3) is 0 Å². The van der Waals surface area contributed by atoms with Crippen molar-refractivity contribution in [1.82, 2.24) is 5.32 Å². The summed E-state index contributed by atoms with van der Waals surface area (Å²) < 4.78 is 10.6. The minimum atomic E-state index is -0.844. The van der Waals surface area contributed by atoms with E-state index in [2.05, 4.69) is 5.32 Å². The average molecular weight is 391 g/mol. The molecule has 0 aliphatic carbocycles. The number of carbonyl (C=O) groups is 1. The predicted octanol–water partition coefficient (Wildman–Crippen LogP) is 4.06. The number of rotatable bonds is 9. The van der Waals surface area contributed by atoms with E-state index in [0.717, 1.165) is 28.2 Å². The number of carboxylic acid groups (broad SMARTS) is 1. The molecule has 0 aliphatic heterocycles. The third-order valence-corrected chi connectivity index (χ3v) is 4.98. The maximum Gasteiger partial charge on any atom is 0.304 e. The topological polar surface area (TPSA) is 67.8 Å². The van der Waals surface area contributed by atoms with Crippen molar-refractivity contribution in [2.24, 2.45) is 0 Å². The summed E-state index contributed by atoms with van der Waals surface area (Å²) in [5.41, 5.74) is 2.26. The lowest BCUT2D eigenvalue weighted by Gasteiger charge is -2.37. The van der Waals surface area contributed by atoms with Gasteiger partial charge < -0.3 is 14.6 Å². The van der Waals surface area contributed by atoms with Crippen molar-refractivity contribution in [1.29, 1.82) is 0 Å². The molecule has 0 aliphatic rings. The summed E-state index contributed by atoms with van der Waals surface area (Å²) in [6, 6.07) is 25.7. The van der Waals surface area contributed by atoms with E-state index >= 15 is 0 Å². The summed E-state index contributed by atoms with van der Waals surface area (Å²) >= 11 is 0. The highest BCUT2D eigenvalue weighted by Gasteiger charge is 2.36. The number of ether oxygens (including phenoxy) is 2. The van der Waals surface area contributed by atoms with Gasteiger partial charge >= 0.3 is 5.97 Å². The van der Waals surface area contributed by atoms with E-state index in [1.165, 1.54) is 0 Å². The molecular weight excluding hydrogens is 366 g/mol. The Kier molecular flexibility index (Phi) is 6.52. The molecule has 0 fully saturated rings. The van der Waals surface area contributed by atoms with E-state index in [1.54, 1.807) is 14.2 Å². The van der Waals surface area contributed by atoms with Crippen LogP contribution in [0.25, 0.3) is 0 Å². The highest BCUT2D eigenvalue weighted by molar-refractivity contribution is 5.67. The summed E-state index contributed by atoms with van der Waals surface area (Å²) in [6.07, 6.45) is 0.0148. The van der Waals surface area contributed by atoms with E-state index in [1.807, 2.05) is 78.9 Å². The lowest BCUT2D eigenvalue weighted by molar-refractivity contribution is -0.136. The van der Waals surface area contributed by atoms with Crippen LogP contribution in [0.5, 0.6) is 11.5 Å². The van der Waals surface area contributed by atoms with Gasteiger partial charge in [-0.25, -0.2) is 0 Å². The molecule has 0 saturated carbocycles. The van der Waals surface area contributed by atoms with Gasteiger partial charge in [-0.1, -0.05) is 54.6 Å². The zero-order valence-corrected chi connectivity index (χ0v) is 16.6. The molecule has 0 atom stereocenters. The summed E-state index contributed by atoms with van der Waals surface area (Å²) in [5.74, 6) is 0.677. The number of hydrogen-bond donors (Lipinski definition) is 2. The molecule has 3 rings (SSSR count). The first-order valence-electron chi connectivity index (χ1n) is 9.41. The molecule has 29 heavy (non-hydrogen) atoms. The normalized spacial score (nSPS) is 11.1. The molecule has 5 heteroatoms. The molecule has 3 aromatic rings. The third kappa shape index (κ3) is 4.41. The van der Waals surface area contributed by atoms with Crippen LogP contribution in [0.1, 0.15) is 23.1 Å². The molecule has 0 radical (unpaired) electrons.